The Balaban J connectivity index is 1.63. The van der Waals surface area contributed by atoms with E-state index in [1.54, 1.807) is 0 Å². The van der Waals surface area contributed by atoms with Crippen LogP contribution >= 0.6 is 0 Å². The third kappa shape index (κ3) is 4.44. The van der Waals surface area contributed by atoms with Gasteiger partial charge in [-0.3, -0.25) is 0 Å². The van der Waals surface area contributed by atoms with Gasteiger partial charge in [0.2, 0.25) is 0 Å². The van der Waals surface area contributed by atoms with E-state index >= 15 is 0 Å². The Hall–Kier alpha value is -0.120. The third-order valence-corrected chi connectivity index (χ3v) is 5.24. The maximum atomic E-state index is 3.44. The highest BCUT2D eigenvalue weighted by Gasteiger charge is 2.40. The second-order valence-electron chi connectivity index (χ2n) is 7.46. The standard InChI is InChI=1S/C16H33N3/c1-14(2)18(4)8-5-16(3)11-15(12-16)13-19-9-6-17-7-10-19/h14-15,17H,5-13H2,1-4H3. The molecule has 0 aromatic heterocycles. The molecular formula is C16H33N3. The molecule has 1 heterocycles. The molecule has 1 N–H and O–H groups in total. The zero-order chi connectivity index (χ0) is 13.9. The molecule has 0 unspecified atom stereocenters. The van der Waals surface area contributed by atoms with E-state index in [1.165, 1.54) is 58.5 Å². The van der Waals surface area contributed by atoms with Crippen LogP contribution in [-0.4, -0.2) is 62.2 Å². The van der Waals surface area contributed by atoms with Crippen LogP contribution in [0.2, 0.25) is 0 Å². The lowest BCUT2D eigenvalue weighted by Gasteiger charge is -2.48. The Labute approximate surface area is 119 Å². The molecule has 112 valence electrons. The molecule has 1 aliphatic carbocycles. The Morgan fingerprint density at radius 1 is 1.26 bits per heavy atom. The molecule has 0 spiro atoms. The molecule has 1 saturated carbocycles. The number of hydrogen-bond acceptors (Lipinski definition) is 3. The van der Waals surface area contributed by atoms with Crippen LogP contribution in [0.25, 0.3) is 0 Å². The van der Waals surface area contributed by atoms with Crippen molar-refractivity contribution in [1.82, 2.24) is 15.1 Å². The average molecular weight is 267 g/mol. The highest BCUT2D eigenvalue weighted by atomic mass is 15.2. The van der Waals surface area contributed by atoms with Gasteiger partial charge in [0.1, 0.15) is 0 Å². The first-order valence-electron chi connectivity index (χ1n) is 8.12. The van der Waals surface area contributed by atoms with Crippen LogP contribution in [-0.2, 0) is 0 Å². The van der Waals surface area contributed by atoms with Gasteiger partial charge < -0.3 is 15.1 Å². The lowest BCUT2D eigenvalue weighted by atomic mass is 9.61. The summed E-state index contributed by atoms with van der Waals surface area (Å²) in [5.41, 5.74) is 0.627. The van der Waals surface area contributed by atoms with Gasteiger partial charge >= 0.3 is 0 Å². The van der Waals surface area contributed by atoms with Gasteiger partial charge in [0, 0.05) is 38.8 Å². The van der Waals surface area contributed by atoms with Gasteiger partial charge in [0.15, 0.2) is 0 Å². The van der Waals surface area contributed by atoms with Gasteiger partial charge in [0.05, 0.1) is 0 Å². The zero-order valence-electron chi connectivity index (χ0n) is 13.4. The summed E-state index contributed by atoms with van der Waals surface area (Å²) in [7, 11) is 2.25. The van der Waals surface area contributed by atoms with Gasteiger partial charge in [-0.15, -0.1) is 0 Å². The Bertz CT molecular complexity index is 265. The molecule has 0 aromatic carbocycles. The molecule has 0 amide bonds. The Morgan fingerprint density at radius 2 is 1.89 bits per heavy atom. The van der Waals surface area contributed by atoms with Crippen molar-refractivity contribution >= 4 is 0 Å². The lowest BCUT2D eigenvalue weighted by Crippen LogP contribution is -2.49. The fourth-order valence-electron chi connectivity index (χ4n) is 3.63. The van der Waals surface area contributed by atoms with E-state index in [9.17, 15) is 0 Å². The summed E-state index contributed by atoms with van der Waals surface area (Å²) in [5, 5.41) is 3.44. The van der Waals surface area contributed by atoms with E-state index in [2.05, 4.69) is 42.9 Å². The minimum atomic E-state index is 0.627. The van der Waals surface area contributed by atoms with Gasteiger partial charge in [-0.1, -0.05) is 6.92 Å². The molecule has 2 aliphatic rings. The monoisotopic (exact) mass is 267 g/mol. The number of nitrogens with zero attached hydrogens (tertiary/aromatic N) is 2. The second-order valence-corrected chi connectivity index (χ2v) is 7.46. The molecule has 0 aromatic rings. The number of rotatable bonds is 6. The van der Waals surface area contributed by atoms with Crippen LogP contribution in [0.1, 0.15) is 40.0 Å². The van der Waals surface area contributed by atoms with E-state index in [4.69, 9.17) is 0 Å². The molecule has 1 aliphatic heterocycles. The first-order chi connectivity index (χ1) is 8.98. The molecule has 2 fully saturated rings. The van der Waals surface area contributed by atoms with E-state index in [-0.39, 0.29) is 0 Å². The molecule has 3 heteroatoms. The largest absolute Gasteiger partial charge is 0.314 e. The molecule has 3 nitrogen and oxygen atoms in total. The van der Waals surface area contributed by atoms with E-state index in [1.807, 2.05) is 0 Å². The van der Waals surface area contributed by atoms with Gasteiger partial charge in [-0.2, -0.15) is 0 Å². The molecule has 0 radical (unpaired) electrons. The summed E-state index contributed by atoms with van der Waals surface area (Å²) < 4.78 is 0. The number of hydrogen-bond donors (Lipinski definition) is 1. The quantitative estimate of drug-likeness (QED) is 0.794. The van der Waals surface area contributed by atoms with E-state index in [0.29, 0.717) is 11.5 Å². The van der Waals surface area contributed by atoms with Crippen molar-refractivity contribution in [2.24, 2.45) is 11.3 Å². The van der Waals surface area contributed by atoms with Crippen LogP contribution < -0.4 is 5.32 Å². The maximum absolute atomic E-state index is 3.44. The number of piperazine rings is 1. The van der Waals surface area contributed by atoms with Crippen LogP contribution in [0.5, 0.6) is 0 Å². The smallest absolute Gasteiger partial charge is 0.0107 e. The third-order valence-electron chi connectivity index (χ3n) is 5.24. The molecule has 19 heavy (non-hydrogen) atoms. The van der Waals surface area contributed by atoms with Crippen molar-refractivity contribution in [1.29, 1.82) is 0 Å². The lowest BCUT2D eigenvalue weighted by molar-refractivity contribution is 0.0258. The normalized spacial score (nSPS) is 32.8. The summed E-state index contributed by atoms with van der Waals surface area (Å²) in [5.74, 6) is 0.965. The van der Waals surface area contributed by atoms with Crippen molar-refractivity contribution in [3.05, 3.63) is 0 Å². The molecule has 1 saturated heterocycles. The minimum Gasteiger partial charge on any atom is -0.314 e. The zero-order valence-corrected chi connectivity index (χ0v) is 13.4. The SMILES string of the molecule is CC(C)N(C)CCC1(C)CC(CN2CCNCC2)C1. The van der Waals surface area contributed by atoms with Crippen molar-refractivity contribution < 1.29 is 0 Å². The fraction of sp³-hybridized carbons (Fsp3) is 1.00. The Morgan fingerprint density at radius 3 is 2.47 bits per heavy atom. The summed E-state index contributed by atoms with van der Waals surface area (Å²) >= 11 is 0. The van der Waals surface area contributed by atoms with Gasteiger partial charge in [0.25, 0.3) is 0 Å². The van der Waals surface area contributed by atoms with Crippen molar-refractivity contribution in [2.45, 2.75) is 46.1 Å². The predicted octanol–water partition coefficient (Wildman–Crippen LogP) is 2.04. The van der Waals surface area contributed by atoms with Gasteiger partial charge in [-0.05, 0) is 58.0 Å². The highest BCUT2D eigenvalue weighted by molar-refractivity contribution is 4.92. The van der Waals surface area contributed by atoms with E-state index in [0.717, 1.165) is 5.92 Å². The van der Waals surface area contributed by atoms with Crippen LogP contribution in [0.15, 0.2) is 0 Å². The molecular weight excluding hydrogens is 234 g/mol. The first-order valence-corrected chi connectivity index (χ1v) is 8.12. The van der Waals surface area contributed by atoms with E-state index < -0.39 is 0 Å². The molecule has 0 atom stereocenters. The highest BCUT2D eigenvalue weighted by Crippen LogP contribution is 2.48. The molecule has 2 rings (SSSR count). The molecule has 0 bridgehead atoms. The first kappa shape index (κ1) is 15.3. The van der Waals surface area contributed by atoms with Crippen LogP contribution in [0, 0.1) is 11.3 Å². The summed E-state index contributed by atoms with van der Waals surface area (Å²) in [4.78, 5) is 5.13. The fourth-order valence-corrected chi connectivity index (χ4v) is 3.63. The minimum absolute atomic E-state index is 0.627. The average Bonchev–Trinajstić information content (AvgIpc) is 2.35. The summed E-state index contributed by atoms with van der Waals surface area (Å²) in [6.45, 7) is 14.5. The second kappa shape index (κ2) is 6.55. The van der Waals surface area contributed by atoms with Gasteiger partial charge in [-0.25, -0.2) is 0 Å². The summed E-state index contributed by atoms with van der Waals surface area (Å²) in [6, 6.07) is 0.681. The van der Waals surface area contributed by atoms with Crippen molar-refractivity contribution in [3.8, 4) is 0 Å². The van der Waals surface area contributed by atoms with Crippen molar-refractivity contribution in [3.63, 3.8) is 0 Å². The topological polar surface area (TPSA) is 18.5 Å². The van der Waals surface area contributed by atoms with Crippen molar-refractivity contribution in [2.75, 3.05) is 46.3 Å². The summed E-state index contributed by atoms with van der Waals surface area (Å²) in [6.07, 6.45) is 4.27. The maximum Gasteiger partial charge on any atom is 0.0107 e. The number of nitrogens with one attached hydrogen (secondary N) is 1. The van der Waals surface area contributed by atoms with Crippen LogP contribution in [0.3, 0.4) is 0 Å². The predicted molar refractivity (Wildman–Crippen MR) is 82.5 cm³/mol. The Kier molecular flexibility index (Phi) is 5.27. The van der Waals surface area contributed by atoms with Crippen LogP contribution in [0.4, 0.5) is 0 Å².